The molecular weight excluding hydrogens is 292 g/mol. The molecule has 7 heteroatoms. The molecule has 118 valence electrons. The Morgan fingerprint density at radius 1 is 1.17 bits per heavy atom. The third kappa shape index (κ3) is 2.33. The lowest BCUT2D eigenvalue weighted by molar-refractivity contribution is 0.372. The Labute approximate surface area is 133 Å². The van der Waals surface area contributed by atoms with Crippen molar-refractivity contribution in [3.8, 4) is 17.3 Å². The monoisotopic (exact) mass is 310 g/mol. The van der Waals surface area contributed by atoms with Crippen LogP contribution in [0.25, 0.3) is 17.3 Å². The first-order valence-electron chi connectivity index (χ1n) is 7.78. The molecule has 0 spiro atoms. The number of hydrogen-bond donors (Lipinski definition) is 1. The van der Waals surface area contributed by atoms with Gasteiger partial charge in [0.05, 0.1) is 16.9 Å². The lowest BCUT2D eigenvalue weighted by Gasteiger charge is -2.17. The Balaban J connectivity index is 1.70. The number of aromatic nitrogens is 5. The number of rotatable bonds is 3. The van der Waals surface area contributed by atoms with Gasteiger partial charge in [-0.25, -0.2) is 4.68 Å². The van der Waals surface area contributed by atoms with E-state index in [2.05, 4.69) is 20.5 Å². The maximum Gasteiger partial charge on any atom is 0.280 e. The lowest BCUT2D eigenvalue weighted by Crippen LogP contribution is -2.34. The van der Waals surface area contributed by atoms with Crippen LogP contribution in [-0.2, 0) is 5.54 Å². The number of para-hydroxylation sites is 1. The molecule has 0 aliphatic heterocycles. The molecule has 3 aromatic rings. The molecule has 0 unspecified atom stereocenters. The molecule has 1 aliphatic rings. The van der Waals surface area contributed by atoms with Crippen LogP contribution in [0.1, 0.15) is 37.2 Å². The topological polar surface area (TPSA) is 95.7 Å². The summed E-state index contributed by atoms with van der Waals surface area (Å²) in [5.41, 5.74) is 8.29. The summed E-state index contributed by atoms with van der Waals surface area (Å²) in [6, 6.07) is 9.82. The summed E-state index contributed by atoms with van der Waals surface area (Å²) in [5.74, 6) is 0.940. The van der Waals surface area contributed by atoms with Gasteiger partial charge in [0.25, 0.3) is 5.89 Å². The first-order chi connectivity index (χ1) is 11.2. The summed E-state index contributed by atoms with van der Waals surface area (Å²) in [7, 11) is 0. The molecule has 0 saturated heterocycles. The van der Waals surface area contributed by atoms with Crippen LogP contribution < -0.4 is 5.73 Å². The van der Waals surface area contributed by atoms with Crippen LogP contribution in [-0.4, -0.2) is 25.1 Å². The van der Waals surface area contributed by atoms with E-state index in [1.807, 2.05) is 37.3 Å². The largest absolute Gasteiger partial charge is 0.332 e. The quantitative estimate of drug-likeness (QED) is 0.797. The molecule has 0 bridgehead atoms. The van der Waals surface area contributed by atoms with Crippen molar-refractivity contribution in [3.63, 3.8) is 0 Å². The number of nitrogens with zero attached hydrogens (tertiary/aromatic N) is 5. The van der Waals surface area contributed by atoms with Gasteiger partial charge >= 0.3 is 0 Å². The third-order valence-electron chi connectivity index (χ3n) is 4.47. The van der Waals surface area contributed by atoms with Gasteiger partial charge in [0.1, 0.15) is 0 Å². The van der Waals surface area contributed by atoms with E-state index in [0.29, 0.717) is 17.4 Å². The van der Waals surface area contributed by atoms with E-state index in [1.54, 1.807) is 4.68 Å². The van der Waals surface area contributed by atoms with E-state index < -0.39 is 5.54 Å². The lowest BCUT2D eigenvalue weighted by atomic mass is 9.99. The Kier molecular flexibility index (Phi) is 3.23. The molecule has 4 rings (SSSR count). The fourth-order valence-corrected chi connectivity index (χ4v) is 3.09. The van der Waals surface area contributed by atoms with Crippen molar-refractivity contribution in [3.05, 3.63) is 41.9 Å². The van der Waals surface area contributed by atoms with Crippen molar-refractivity contribution in [2.75, 3.05) is 0 Å². The molecule has 23 heavy (non-hydrogen) atoms. The maximum atomic E-state index is 6.38. The van der Waals surface area contributed by atoms with Gasteiger partial charge in [0.15, 0.2) is 11.5 Å². The van der Waals surface area contributed by atoms with Crippen molar-refractivity contribution in [1.29, 1.82) is 0 Å². The van der Waals surface area contributed by atoms with E-state index in [-0.39, 0.29) is 0 Å². The molecule has 2 heterocycles. The Hall–Kier alpha value is -2.54. The molecule has 1 aliphatic carbocycles. The maximum absolute atomic E-state index is 6.38. The van der Waals surface area contributed by atoms with Crippen LogP contribution in [0.2, 0.25) is 0 Å². The second-order valence-electron chi connectivity index (χ2n) is 6.06. The fourth-order valence-electron chi connectivity index (χ4n) is 3.09. The highest BCUT2D eigenvalue weighted by atomic mass is 16.5. The van der Waals surface area contributed by atoms with Gasteiger partial charge in [-0.15, -0.1) is 5.10 Å². The van der Waals surface area contributed by atoms with Crippen LogP contribution in [0, 0.1) is 6.92 Å². The summed E-state index contributed by atoms with van der Waals surface area (Å²) in [6.45, 7) is 1.93. The Morgan fingerprint density at radius 2 is 1.91 bits per heavy atom. The van der Waals surface area contributed by atoms with Gasteiger partial charge < -0.3 is 10.3 Å². The average Bonchev–Trinajstić information content (AvgIpc) is 3.28. The Bertz CT molecular complexity index is 816. The zero-order valence-corrected chi connectivity index (χ0v) is 12.9. The number of nitrogens with two attached hydrogens (primary N) is 1. The van der Waals surface area contributed by atoms with Gasteiger partial charge in [-0.1, -0.05) is 41.4 Å². The molecule has 0 amide bonds. The van der Waals surface area contributed by atoms with Gasteiger partial charge in [0.2, 0.25) is 0 Å². The summed E-state index contributed by atoms with van der Waals surface area (Å²) < 4.78 is 7.16. The molecule has 1 fully saturated rings. The van der Waals surface area contributed by atoms with Crippen molar-refractivity contribution in [2.45, 2.75) is 38.1 Å². The highest BCUT2D eigenvalue weighted by Crippen LogP contribution is 2.35. The standard InChI is InChI=1S/C16H18N6O/c1-11-13(19-21-22(11)12-7-3-2-4-8-12)14-18-15(20-23-14)16(17)9-5-6-10-16/h2-4,7-8H,5-6,9-10,17H2,1H3. The zero-order chi connectivity index (χ0) is 15.9. The predicted octanol–water partition coefficient (Wildman–Crippen LogP) is 2.35. The van der Waals surface area contributed by atoms with Gasteiger partial charge in [-0.2, -0.15) is 4.98 Å². The van der Waals surface area contributed by atoms with Crippen LogP contribution in [0.3, 0.4) is 0 Å². The van der Waals surface area contributed by atoms with Crippen LogP contribution in [0.5, 0.6) is 0 Å². The summed E-state index contributed by atoms with van der Waals surface area (Å²) in [5, 5.41) is 12.5. The van der Waals surface area contributed by atoms with Crippen molar-refractivity contribution >= 4 is 0 Å². The second-order valence-corrected chi connectivity index (χ2v) is 6.06. The van der Waals surface area contributed by atoms with Gasteiger partial charge in [-0.3, -0.25) is 0 Å². The molecule has 2 aromatic heterocycles. The summed E-state index contributed by atoms with van der Waals surface area (Å²) in [6.07, 6.45) is 3.98. The fraction of sp³-hybridized carbons (Fsp3) is 0.375. The van der Waals surface area contributed by atoms with E-state index in [9.17, 15) is 0 Å². The highest BCUT2D eigenvalue weighted by Gasteiger charge is 2.36. The van der Waals surface area contributed by atoms with E-state index in [4.69, 9.17) is 10.3 Å². The van der Waals surface area contributed by atoms with Crippen LogP contribution in [0.4, 0.5) is 0 Å². The molecular formula is C16H18N6O. The highest BCUT2D eigenvalue weighted by molar-refractivity contribution is 5.51. The van der Waals surface area contributed by atoms with E-state index >= 15 is 0 Å². The molecule has 1 aromatic carbocycles. The van der Waals surface area contributed by atoms with Crippen molar-refractivity contribution in [2.24, 2.45) is 5.73 Å². The summed E-state index contributed by atoms with van der Waals surface area (Å²) >= 11 is 0. The minimum absolute atomic E-state index is 0.372. The first-order valence-corrected chi connectivity index (χ1v) is 7.78. The average molecular weight is 310 g/mol. The van der Waals surface area contributed by atoms with Gasteiger partial charge in [-0.05, 0) is 31.9 Å². The van der Waals surface area contributed by atoms with Crippen LogP contribution in [0.15, 0.2) is 34.9 Å². The zero-order valence-electron chi connectivity index (χ0n) is 12.9. The second kappa shape index (κ2) is 5.27. The number of benzene rings is 1. The first kappa shape index (κ1) is 14.1. The minimum Gasteiger partial charge on any atom is -0.332 e. The SMILES string of the molecule is Cc1c(-c2nc(C3(N)CCCC3)no2)nnn1-c1ccccc1. The van der Waals surface area contributed by atoms with Crippen LogP contribution >= 0.6 is 0 Å². The molecule has 0 radical (unpaired) electrons. The Morgan fingerprint density at radius 3 is 2.65 bits per heavy atom. The normalized spacial score (nSPS) is 16.8. The molecule has 7 nitrogen and oxygen atoms in total. The molecule has 2 N–H and O–H groups in total. The predicted molar refractivity (Wildman–Crippen MR) is 83.7 cm³/mol. The molecule has 1 saturated carbocycles. The van der Waals surface area contributed by atoms with Crippen molar-refractivity contribution < 1.29 is 4.52 Å². The van der Waals surface area contributed by atoms with E-state index in [0.717, 1.165) is 37.1 Å². The van der Waals surface area contributed by atoms with E-state index in [1.165, 1.54) is 0 Å². The number of hydrogen-bond acceptors (Lipinski definition) is 6. The minimum atomic E-state index is -0.467. The van der Waals surface area contributed by atoms with Gasteiger partial charge in [0, 0.05) is 0 Å². The molecule has 0 atom stereocenters. The third-order valence-corrected chi connectivity index (χ3v) is 4.47. The summed E-state index contributed by atoms with van der Waals surface area (Å²) in [4.78, 5) is 4.48. The van der Waals surface area contributed by atoms with Crippen molar-refractivity contribution in [1.82, 2.24) is 25.1 Å². The smallest absolute Gasteiger partial charge is 0.280 e.